The van der Waals surface area contributed by atoms with Gasteiger partial charge in [0.25, 0.3) is 0 Å². The van der Waals surface area contributed by atoms with Crippen LogP contribution in [0.3, 0.4) is 0 Å². The molecule has 2 nitrogen and oxygen atoms in total. The summed E-state index contributed by atoms with van der Waals surface area (Å²) in [6.45, 7) is 0.628. The fourth-order valence-corrected chi connectivity index (χ4v) is 0.411. The Labute approximate surface area is 71.9 Å². The number of hydrogen-bond acceptors (Lipinski definition) is 2. The van der Waals surface area contributed by atoms with Crippen LogP contribution in [0, 0.1) is 0 Å². The molecule has 0 aliphatic rings. The predicted octanol–water partition coefficient (Wildman–Crippen LogP) is 2.23. The van der Waals surface area contributed by atoms with Gasteiger partial charge in [-0.3, -0.25) is 4.79 Å². The Kier molecular flexibility index (Phi) is 4.09. The van der Waals surface area contributed by atoms with Crippen LogP contribution in [0.15, 0.2) is 11.1 Å². The zero-order valence-corrected chi connectivity index (χ0v) is 6.87. The summed E-state index contributed by atoms with van der Waals surface area (Å²) in [6, 6.07) is 0. The minimum atomic E-state index is -4.57. The second-order valence-electron chi connectivity index (χ2n) is 1.85. The standard InChI is InChI=1S/C6H6ClF3O2/c1-4(11)12-3-2-5(7)6(8,9)10/h2H,3H2,1H3. The largest absolute Gasteiger partial charge is 0.462 e. The van der Waals surface area contributed by atoms with Gasteiger partial charge in [0.15, 0.2) is 0 Å². The lowest BCUT2D eigenvalue weighted by Gasteiger charge is -2.03. The van der Waals surface area contributed by atoms with E-state index in [0.717, 1.165) is 6.92 Å². The molecule has 0 aromatic heterocycles. The van der Waals surface area contributed by atoms with Crippen molar-refractivity contribution in [3.63, 3.8) is 0 Å². The van der Waals surface area contributed by atoms with E-state index in [2.05, 4.69) is 4.74 Å². The Hall–Kier alpha value is -0.710. The van der Waals surface area contributed by atoms with Crippen molar-refractivity contribution in [2.75, 3.05) is 6.61 Å². The normalized spacial score (nSPS) is 12.9. The third-order valence-corrected chi connectivity index (χ3v) is 1.19. The van der Waals surface area contributed by atoms with Crippen LogP contribution in [0.25, 0.3) is 0 Å². The molecule has 0 spiro atoms. The number of allylic oxidation sites excluding steroid dienone is 1. The summed E-state index contributed by atoms with van der Waals surface area (Å²) in [5.74, 6) is -0.655. The van der Waals surface area contributed by atoms with Gasteiger partial charge < -0.3 is 4.74 Å². The Morgan fingerprint density at radius 3 is 2.42 bits per heavy atom. The van der Waals surface area contributed by atoms with Crippen LogP contribution in [0.5, 0.6) is 0 Å². The number of ether oxygens (including phenoxy) is 1. The molecule has 0 atom stereocenters. The minimum absolute atomic E-state index is 0.465. The van der Waals surface area contributed by atoms with Gasteiger partial charge in [-0.2, -0.15) is 13.2 Å². The third-order valence-electron chi connectivity index (χ3n) is 0.820. The van der Waals surface area contributed by atoms with Crippen LogP contribution in [-0.4, -0.2) is 18.8 Å². The van der Waals surface area contributed by atoms with E-state index in [9.17, 15) is 18.0 Å². The number of rotatable bonds is 2. The van der Waals surface area contributed by atoms with Gasteiger partial charge in [0.2, 0.25) is 0 Å². The van der Waals surface area contributed by atoms with E-state index in [-0.39, 0.29) is 0 Å². The summed E-state index contributed by atoms with van der Waals surface area (Å²) >= 11 is 4.79. The second-order valence-corrected chi connectivity index (χ2v) is 2.26. The Balaban J connectivity index is 3.94. The first-order valence-corrected chi connectivity index (χ1v) is 3.28. The fourth-order valence-electron chi connectivity index (χ4n) is 0.348. The predicted molar refractivity (Wildman–Crippen MR) is 36.6 cm³/mol. The maximum atomic E-state index is 11.6. The summed E-state index contributed by atoms with van der Waals surface area (Å²) in [5, 5.41) is -1.29. The van der Waals surface area contributed by atoms with Crippen LogP contribution in [0.4, 0.5) is 13.2 Å². The second kappa shape index (κ2) is 4.35. The van der Waals surface area contributed by atoms with E-state index in [1.165, 1.54) is 0 Å². The van der Waals surface area contributed by atoms with E-state index in [1.54, 1.807) is 0 Å². The van der Waals surface area contributed by atoms with Gasteiger partial charge in [0, 0.05) is 6.92 Å². The summed E-state index contributed by atoms with van der Waals surface area (Å²) in [6.07, 6.45) is -3.98. The minimum Gasteiger partial charge on any atom is -0.462 e. The first kappa shape index (κ1) is 11.3. The molecule has 0 aromatic rings. The van der Waals surface area contributed by atoms with Crippen molar-refractivity contribution < 1.29 is 22.7 Å². The number of hydrogen-bond donors (Lipinski definition) is 0. The first-order chi connectivity index (χ1) is 5.34. The molecule has 0 saturated carbocycles. The molecule has 0 aromatic carbocycles. The zero-order chi connectivity index (χ0) is 9.78. The summed E-state index contributed by atoms with van der Waals surface area (Å²) in [5.41, 5.74) is 0. The molecule has 0 fully saturated rings. The highest BCUT2D eigenvalue weighted by molar-refractivity contribution is 6.30. The summed E-state index contributed by atoms with van der Waals surface area (Å²) in [7, 11) is 0. The molecular formula is C6H6ClF3O2. The highest BCUT2D eigenvalue weighted by Crippen LogP contribution is 2.28. The molecule has 0 amide bonds. The van der Waals surface area contributed by atoms with Crippen LogP contribution < -0.4 is 0 Å². The lowest BCUT2D eigenvalue weighted by molar-refractivity contribution is -0.139. The van der Waals surface area contributed by atoms with Crippen molar-refractivity contribution in [2.24, 2.45) is 0 Å². The SMILES string of the molecule is CC(=O)OCC=C(Cl)C(F)(F)F. The van der Waals surface area contributed by atoms with Gasteiger partial charge in [-0.1, -0.05) is 11.6 Å². The van der Waals surface area contributed by atoms with E-state index < -0.39 is 23.8 Å². The van der Waals surface area contributed by atoms with Crippen LogP contribution in [-0.2, 0) is 9.53 Å². The van der Waals surface area contributed by atoms with E-state index in [4.69, 9.17) is 11.6 Å². The van der Waals surface area contributed by atoms with Gasteiger partial charge in [-0.15, -0.1) is 0 Å². The molecule has 0 rings (SSSR count). The molecule has 0 saturated heterocycles. The van der Waals surface area contributed by atoms with Crippen molar-refractivity contribution in [1.29, 1.82) is 0 Å². The Bertz CT molecular complexity index is 197. The van der Waals surface area contributed by atoms with Crippen LogP contribution >= 0.6 is 11.6 Å². The van der Waals surface area contributed by atoms with Gasteiger partial charge in [-0.05, 0) is 6.08 Å². The van der Waals surface area contributed by atoms with Crippen molar-refractivity contribution >= 4 is 17.6 Å². The lowest BCUT2D eigenvalue weighted by Crippen LogP contribution is -2.08. The highest BCUT2D eigenvalue weighted by Gasteiger charge is 2.31. The van der Waals surface area contributed by atoms with E-state index in [1.807, 2.05) is 0 Å². The molecule has 0 N–H and O–H groups in total. The highest BCUT2D eigenvalue weighted by atomic mass is 35.5. The van der Waals surface area contributed by atoms with Crippen molar-refractivity contribution in [3.8, 4) is 0 Å². The fraction of sp³-hybridized carbons (Fsp3) is 0.500. The topological polar surface area (TPSA) is 26.3 Å². The summed E-state index contributed by atoms with van der Waals surface area (Å²) in [4.78, 5) is 10.1. The van der Waals surface area contributed by atoms with Crippen LogP contribution in [0.2, 0.25) is 0 Å². The maximum Gasteiger partial charge on any atom is 0.426 e. The number of alkyl halides is 3. The van der Waals surface area contributed by atoms with Crippen molar-refractivity contribution in [1.82, 2.24) is 0 Å². The molecule has 0 bridgehead atoms. The Morgan fingerprint density at radius 1 is 1.58 bits per heavy atom. The maximum absolute atomic E-state index is 11.6. The molecular weight excluding hydrogens is 197 g/mol. The first-order valence-electron chi connectivity index (χ1n) is 2.90. The number of carbonyl (C=O) groups is 1. The molecule has 0 unspecified atom stereocenters. The molecule has 0 aliphatic carbocycles. The molecule has 70 valence electrons. The zero-order valence-electron chi connectivity index (χ0n) is 6.11. The summed E-state index contributed by atoms with van der Waals surface area (Å²) < 4.78 is 39.1. The van der Waals surface area contributed by atoms with Crippen LogP contribution in [0.1, 0.15) is 6.92 Å². The molecule has 6 heteroatoms. The van der Waals surface area contributed by atoms with E-state index in [0.29, 0.717) is 6.08 Å². The average molecular weight is 203 g/mol. The van der Waals surface area contributed by atoms with Crippen molar-refractivity contribution in [3.05, 3.63) is 11.1 Å². The Morgan fingerprint density at radius 2 is 2.08 bits per heavy atom. The molecule has 0 aliphatic heterocycles. The van der Waals surface area contributed by atoms with Gasteiger partial charge in [0.05, 0.1) is 0 Å². The molecule has 0 radical (unpaired) electrons. The van der Waals surface area contributed by atoms with Gasteiger partial charge >= 0.3 is 12.1 Å². The van der Waals surface area contributed by atoms with Gasteiger partial charge in [-0.25, -0.2) is 0 Å². The number of carbonyl (C=O) groups excluding carboxylic acids is 1. The smallest absolute Gasteiger partial charge is 0.426 e. The number of esters is 1. The quantitative estimate of drug-likeness (QED) is 0.642. The van der Waals surface area contributed by atoms with E-state index >= 15 is 0 Å². The molecule has 0 heterocycles. The van der Waals surface area contributed by atoms with Crippen molar-refractivity contribution in [2.45, 2.75) is 13.1 Å². The number of halogens is 4. The van der Waals surface area contributed by atoms with Gasteiger partial charge in [0.1, 0.15) is 11.6 Å². The molecule has 12 heavy (non-hydrogen) atoms. The third kappa shape index (κ3) is 5.01. The lowest BCUT2D eigenvalue weighted by atomic mass is 10.5. The average Bonchev–Trinajstić information content (AvgIpc) is 1.84. The monoisotopic (exact) mass is 202 g/mol.